The molecule has 1 fully saturated rings. The minimum Gasteiger partial charge on any atom is -0.367 e. The van der Waals surface area contributed by atoms with Crippen molar-refractivity contribution in [2.75, 3.05) is 25.5 Å². The van der Waals surface area contributed by atoms with Crippen molar-refractivity contribution in [2.24, 2.45) is 0 Å². The van der Waals surface area contributed by atoms with Crippen LogP contribution >= 0.6 is 11.6 Å². The Morgan fingerprint density at radius 1 is 1.18 bits per heavy atom. The maximum atomic E-state index is 6.15. The molecule has 0 radical (unpaired) electrons. The molecule has 2 aromatic heterocycles. The van der Waals surface area contributed by atoms with Gasteiger partial charge in [-0.15, -0.1) is 0 Å². The van der Waals surface area contributed by atoms with Crippen LogP contribution in [0.3, 0.4) is 0 Å². The zero-order chi connectivity index (χ0) is 19.7. The van der Waals surface area contributed by atoms with Crippen LogP contribution in [-0.4, -0.2) is 46.0 Å². The minimum atomic E-state index is 0.431. The number of piperidine rings is 1. The number of hydrogen-bond acceptors (Lipinski definition) is 5. The van der Waals surface area contributed by atoms with Crippen LogP contribution in [0.25, 0.3) is 16.5 Å². The molecule has 0 atom stereocenters. The summed E-state index contributed by atoms with van der Waals surface area (Å²) in [4.78, 5) is 15.7. The molecule has 0 amide bonds. The summed E-state index contributed by atoms with van der Waals surface area (Å²) in [6.45, 7) is 8.46. The van der Waals surface area contributed by atoms with Gasteiger partial charge in [-0.25, -0.2) is 9.97 Å². The second-order valence-corrected chi connectivity index (χ2v) is 7.88. The van der Waals surface area contributed by atoms with Gasteiger partial charge >= 0.3 is 0 Å². The number of nitrogens with zero attached hydrogens (tertiary/aromatic N) is 4. The van der Waals surface area contributed by atoms with Crippen molar-refractivity contribution < 1.29 is 0 Å². The summed E-state index contributed by atoms with van der Waals surface area (Å²) in [5.41, 5.74) is 4.68. The van der Waals surface area contributed by atoms with Crippen LogP contribution in [0.5, 0.6) is 0 Å². The second-order valence-electron chi connectivity index (χ2n) is 7.44. The number of pyridine rings is 1. The van der Waals surface area contributed by atoms with Gasteiger partial charge in [-0.3, -0.25) is 4.98 Å². The zero-order valence-corrected chi connectivity index (χ0v) is 17.0. The molecule has 5 nitrogen and oxygen atoms in total. The Balaban J connectivity index is 1.68. The van der Waals surface area contributed by atoms with E-state index in [2.05, 4.69) is 44.9 Å². The largest absolute Gasteiger partial charge is 0.367 e. The molecule has 0 saturated carbocycles. The first kappa shape index (κ1) is 18.8. The normalized spacial score (nSPS) is 15.7. The Morgan fingerprint density at radius 2 is 1.96 bits per heavy atom. The number of aryl methyl sites for hydroxylation is 1. The summed E-state index contributed by atoms with van der Waals surface area (Å²) >= 11 is 6.15. The van der Waals surface area contributed by atoms with Gasteiger partial charge < -0.3 is 10.2 Å². The molecular formula is C22H24ClN5. The third-order valence-corrected chi connectivity index (χ3v) is 5.63. The lowest BCUT2D eigenvalue weighted by Gasteiger charge is -2.30. The lowest BCUT2D eigenvalue weighted by molar-refractivity contribution is 0.264. The second kappa shape index (κ2) is 7.86. The van der Waals surface area contributed by atoms with Gasteiger partial charge in [0.15, 0.2) is 0 Å². The number of fused-ring (bicyclic) bond motifs is 1. The molecule has 1 saturated heterocycles. The van der Waals surface area contributed by atoms with E-state index in [0.717, 1.165) is 65.0 Å². The van der Waals surface area contributed by atoms with E-state index < -0.39 is 0 Å². The smallest absolute Gasteiger partial charge is 0.137 e. The highest BCUT2D eigenvalue weighted by Crippen LogP contribution is 2.30. The predicted octanol–water partition coefficient (Wildman–Crippen LogP) is 4.55. The first-order valence-corrected chi connectivity index (χ1v) is 9.90. The molecular weight excluding hydrogens is 370 g/mol. The maximum Gasteiger partial charge on any atom is 0.137 e. The average molecular weight is 394 g/mol. The number of hydrogen-bond donors (Lipinski definition) is 1. The number of anilines is 1. The third kappa shape index (κ3) is 3.86. The van der Waals surface area contributed by atoms with Crippen molar-refractivity contribution in [1.82, 2.24) is 19.9 Å². The van der Waals surface area contributed by atoms with Crippen LogP contribution in [0.15, 0.2) is 43.4 Å². The maximum absolute atomic E-state index is 6.15. The summed E-state index contributed by atoms with van der Waals surface area (Å²) in [5.74, 6) is 0.884. The van der Waals surface area contributed by atoms with Crippen LogP contribution in [-0.2, 0) is 0 Å². The SMILES string of the molecule is C=C(c1ccc2ncnc(NC3CCN(C)CC3)c2c1)c1cc(Cl)cnc1C. The molecule has 4 rings (SSSR count). The van der Waals surface area contributed by atoms with Gasteiger partial charge in [-0.05, 0) is 69.2 Å². The molecule has 0 aliphatic carbocycles. The van der Waals surface area contributed by atoms with E-state index in [9.17, 15) is 0 Å². The minimum absolute atomic E-state index is 0.431. The van der Waals surface area contributed by atoms with Gasteiger partial charge in [0.25, 0.3) is 0 Å². The quantitative estimate of drug-likeness (QED) is 0.704. The van der Waals surface area contributed by atoms with Crippen LogP contribution in [0.4, 0.5) is 5.82 Å². The standard InChI is InChI=1S/C22H24ClN5/c1-14(19-11-17(23)12-24-15(19)2)16-4-5-21-20(10-16)22(26-13-25-21)27-18-6-8-28(3)9-7-18/h4-5,10-13,18H,1,6-9H2,2-3H3,(H,25,26,27). The number of rotatable bonds is 4. The topological polar surface area (TPSA) is 53.9 Å². The molecule has 3 heterocycles. The highest BCUT2D eigenvalue weighted by Gasteiger charge is 2.18. The molecule has 1 N–H and O–H groups in total. The van der Waals surface area contributed by atoms with Crippen molar-refractivity contribution in [2.45, 2.75) is 25.8 Å². The highest BCUT2D eigenvalue weighted by atomic mass is 35.5. The third-order valence-electron chi connectivity index (χ3n) is 5.42. The van der Waals surface area contributed by atoms with Crippen LogP contribution < -0.4 is 5.32 Å². The molecule has 3 aromatic rings. The van der Waals surface area contributed by atoms with E-state index in [1.54, 1.807) is 12.5 Å². The Morgan fingerprint density at radius 3 is 2.75 bits per heavy atom. The number of aromatic nitrogens is 3. The predicted molar refractivity (Wildman–Crippen MR) is 116 cm³/mol. The van der Waals surface area contributed by atoms with Crippen LogP contribution in [0.2, 0.25) is 5.02 Å². The Hall–Kier alpha value is -2.50. The van der Waals surface area contributed by atoms with Crippen molar-refractivity contribution >= 4 is 33.9 Å². The first-order valence-electron chi connectivity index (χ1n) is 9.53. The van der Waals surface area contributed by atoms with E-state index in [4.69, 9.17) is 11.6 Å². The fraction of sp³-hybridized carbons (Fsp3) is 0.318. The summed E-state index contributed by atoms with van der Waals surface area (Å²) in [6.07, 6.45) is 5.51. The van der Waals surface area contributed by atoms with E-state index in [0.29, 0.717) is 11.1 Å². The highest BCUT2D eigenvalue weighted by molar-refractivity contribution is 6.30. The molecule has 0 unspecified atom stereocenters. The molecule has 1 aromatic carbocycles. The summed E-state index contributed by atoms with van der Waals surface area (Å²) in [6, 6.07) is 8.51. The lowest BCUT2D eigenvalue weighted by atomic mass is 9.97. The van der Waals surface area contributed by atoms with Crippen molar-refractivity contribution in [3.05, 3.63) is 65.2 Å². The molecule has 0 bridgehead atoms. The molecule has 28 heavy (non-hydrogen) atoms. The molecule has 144 valence electrons. The molecule has 0 spiro atoms. The summed E-state index contributed by atoms with van der Waals surface area (Å²) in [5, 5.41) is 5.24. The van der Waals surface area contributed by atoms with Crippen LogP contribution in [0, 0.1) is 6.92 Å². The Bertz CT molecular complexity index is 1020. The summed E-state index contributed by atoms with van der Waals surface area (Å²) < 4.78 is 0. The molecule has 1 aliphatic rings. The van der Waals surface area contributed by atoms with Gasteiger partial charge in [-0.2, -0.15) is 0 Å². The van der Waals surface area contributed by atoms with Crippen molar-refractivity contribution in [3.63, 3.8) is 0 Å². The lowest BCUT2D eigenvalue weighted by Crippen LogP contribution is -2.36. The summed E-state index contributed by atoms with van der Waals surface area (Å²) in [7, 11) is 2.17. The Kier molecular flexibility index (Phi) is 5.29. The van der Waals surface area contributed by atoms with Gasteiger partial charge in [0.2, 0.25) is 0 Å². The first-order chi connectivity index (χ1) is 13.5. The molecule has 1 aliphatic heterocycles. The fourth-order valence-corrected chi connectivity index (χ4v) is 3.83. The Labute approximate surface area is 170 Å². The van der Waals surface area contributed by atoms with Gasteiger partial charge in [-0.1, -0.05) is 24.2 Å². The van der Waals surface area contributed by atoms with Gasteiger partial charge in [0.05, 0.1) is 10.5 Å². The van der Waals surface area contributed by atoms with E-state index >= 15 is 0 Å². The number of benzene rings is 1. The van der Waals surface area contributed by atoms with Crippen LogP contribution in [0.1, 0.15) is 29.7 Å². The zero-order valence-electron chi connectivity index (χ0n) is 16.2. The van der Waals surface area contributed by atoms with E-state index in [-0.39, 0.29) is 0 Å². The number of likely N-dealkylation sites (tertiary alicyclic amines) is 1. The van der Waals surface area contributed by atoms with Crippen molar-refractivity contribution in [1.29, 1.82) is 0 Å². The van der Waals surface area contributed by atoms with Crippen molar-refractivity contribution in [3.8, 4) is 0 Å². The monoisotopic (exact) mass is 393 g/mol. The van der Waals surface area contributed by atoms with E-state index in [1.807, 2.05) is 25.1 Å². The molecule has 6 heteroatoms. The fourth-order valence-electron chi connectivity index (χ4n) is 3.67. The average Bonchev–Trinajstić information content (AvgIpc) is 2.71. The van der Waals surface area contributed by atoms with Gasteiger partial charge in [0, 0.05) is 28.9 Å². The number of halogens is 1. The van der Waals surface area contributed by atoms with E-state index in [1.165, 1.54) is 0 Å². The van der Waals surface area contributed by atoms with Gasteiger partial charge in [0.1, 0.15) is 12.1 Å². The number of nitrogens with one attached hydrogen (secondary N) is 1.